The lowest BCUT2D eigenvalue weighted by Crippen LogP contribution is -2.37. The number of rotatable bonds is 6. The number of amides is 1. The minimum absolute atomic E-state index is 0.0275. The lowest BCUT2D eigenvalue weighted by molar-refractivity contribution is -0.870. The Hall–Kier alpha value is -1.61. The maximum absolute atomic E-state index is 11.5. The third-order valence-corrected chi connectivity index (χ3v) is 2.53. The number of hydrogen-bond acceptors (Lipinski definition) is 1. The van der Waals surface area contributed by atoms with Gasteiger partial charge in [-0.05, 0) is 11.6 Å². The van der Waals surface area contributed by atoms with Gasteiger partial charge in [0.15, 0.2) is 0 Å². The lowest BCUT2D eigenvalue weighted by Gasteiger charge is -2.23. The van der Waals surface area contributed by atoms with Gasteiger partial charge in [0.25, 0.3) is 0 Å². The Bertz CT molecular complexity index is 391. The van der Waals surface area contributed by atoms with Crippen molar-refractivity contribution in [1.82, 2.24) is 5.32 Å². The quantitative estimate of drug-likeness (QED) is 0.464. The van der Waals surface area contributed by atoms with Gasteiger partial charge >= 0.3 is 0 Å². The standard InChI is InChI=1S/C15H22N2O/c1-17(2,3)13-7-12-16-15(18)11-10-14-8-5-4-6-9-14/h4-6,8-11H,7,12-13H2,1-3H3/p+1. The van der Waals surface area contributed by atoms with Crippen molar-refractivity contribution in [1.29, 1.82) is 0 Å². The first kappa shape index (κ1) is 14.5. The molecule has 1 rings (SSSR count). The maximum Gasteiger partial charge on any atom is 0.244 e. The summed E-state index contributed by atoms with van der Waals surface area (Å²) in [5.41, 5.74) is 1.04. The summed E-state index contributed by atoms with van der Waals surface area (Å²) in [7, 11) is 6.45. The normalized spacial score (nSPS) is 11.7. The number of benzene rings is 1. The monoisotopic (exact) mass is 247 g/mol. The largest absolute Gasteiger partial charge is 0.352 e. The van der Waals surface area contributed by atoms with Crippen LogP contribution in [-0.2, 0) is 4.79 Å². The second-order valence-corrected chi connectivity index (χ2v) is 5.40. The summed E-state index contributed by atoms with van der Waals surface area (Å²) in [5.74, 6) is -0.0275. The minimum atomic E-state index is -0.0275. The topological polar surface area (TPSA) is 29.1 Å². The summed E-state index contributed by atoms with van der Waals surface area (Å²) in [5, 5.41) is 2.89. The number of carbonyl (C=O) groups excluding carboxylic acids is 1. The van der Waals surface area contributed by atoms with E-state index in [4.69, 9.17) is 0 Å². The average Bonchev–Trinajstić information content (AvgIpc) is 2.32. The zero-order chi connectivity index (χ0) is 13.4. The van der Waals surface area contributed by atoms with Gasteiger partial charge in [-0.25, -0.2) is 0 Å². The van der Waals surface area contributed by atoms with Gasteiger partial charge in [-0.3, -0.25) is 4.79 Å². The molecule has 0 aliphatic rings. The van der Waals surface area contributed by atoms with Crippen LogP contribution in [0.5, 0.6) is 0 Å². The summed E-state index contributed by atoms with van der Waals surface area (Å²) in [6.45, 7) is 1.79. The van der Waals surface area contributed by atoms with E-state index in [1.54, 1.807) is 6.08 Å². The average molecular weight is 247 g/mol. The molecule has 0 bridgehead atoms. The van der Waals surface area contributed by atoms with E-state index in [0.29, 0.717) is 0 Å². The third-order valence-electron chi connectivity index (χ3n) is 2.53. The molecule has 1 aromatic carbocycles. The molecule has 18 heavy (non-hydrogen) atoms. The van der Waals surface area contributed by atoms with Gasteiger partial charge in [0, 0.05) is 19.0 Å². The maximum atomic E-state index is 11.5. The van der Waals surface area contributed by atoms with Crippen molar-refractivity contribution in [3.63, 3.8) is 0 Å². The molecule has 0 aliphatic carbocycles. The summed E-state index contributed by atoms with van der Waals surface area (Å²) in [6, 6.07) is 9.82. The van der Waals surface area contributed by atoms with E-state index >= 15 is 0 Å². The Labute approximate surface area is 110 Å². The minimum Gasteiger partial charge on any atom is -0.352 e. The zero-order valence-corrected chi connectivity index (χ0v) is 11.5. The summed E-state index contributed by atoms with van der Waals surface area (Å²) >= 11 is 0. The van der Waals surface area contributed by atoms with Gasteiger partial charge in [0.2, 0.25) is 5.91 Å². The number of quaternary nitrogens is 1. The molecule has 0 saturated carbocycles. The molecule has 0 fully saturated rings. The molecule has 1 aromatic rings. The van der Waals surface area contributed by atoms with Crippen LogP contribution in [0.3, 0.4) is 0 Å². The van der Waals surface area contributed by atoms with E-state index in [2.05, 4.69) is 26.5 Å². The fourth-order valence-electron chi connectivity index (χ4n) is 1.56. The van der Waals surface area contributed by atoms with Crippen molar-refractivity contribution in [3.05, 3.63) is 42.0 Å². The first-order valence-electron chi connectivity index (χ1n) is 6.29. The summed E-state index contributed by atoms with van der Waals surface area (Å²) in [4.78, 5) is 11.5. The summed E-state index contributed by atoms with van der Waals surface area (Å²) < 4.78 is 0.926. The van der Waals surface area contributed by atoms with Gasteiger partial charge in [0.1, 0.15) is 0 Å². The van der Waals surface area contributed by atoms with Crippen molar-refractivity contribution < 1.29 is 9.28 Å². The molecule has 3 heteroatoms. The first-order valence-corrected chi connectivity index (χ1v) is 6.29. The molecule has 3 nitrogen and oxygen atoms in total. The van der Waals surface area contributed by atoms with Gasteiger partial charge < -0.3 is 9.80 Å². The van der Waals surface area contributed by atoms with Crippen LogP contribution in [0.4, 0.5) is 0 Å². The van der Waals surface area contributed by atoms with E-state index in [0.717, 1.165) is 29.6 Å². The highest BCUT2D eigenvalue weighted by Gasteiger charge is 2.05. The number of nitrogens with one attached hydrogen (secondary N) is 1. The molecule has 0 heterocycles. The molecule has 0 aliphatic heterocycles. The second-order valence-electron chi connectivity index (χ2n) is 5.40. The Kier molecular flexibility index (Phi) is 5.59. The predicted molar refractivity (Wildman–Crippen MR) is 76.0 cm³/mol. The highest BCUT2D eigenvalue weighted by Crippen LogP contribution is 2.00. The van der Waals surface area contributed by atoms with Crippen LogP contribution in [-0.4, -0.2) is 44.6 Å². The van der Waals surface area contributed by atoms with E-state index in [1.165, 1.54) is 0 Å². The molecule has 0 saturated heterocycles. The Morgan fingerprint density at radius 2 is 1.89 bits per heavy atom. The molecule has 98 valence electrons. The van der Waals surface area contributed by atoms with Crippen LogP contribution in [0.15, 0.2) is 36.4 Å². The lowest BCUT2D eigenvalue weighted by atomic mass is 10.2. The fraction of sp³-hybridized carbons (Fsp3) is 0.400. The molecular formula is C15H23N2O+. The van der Waals surface area contributed by atoms with Gasteiger partial charge in [0.05, 0.1) is 27.7 Å². The number of carbonyl (C=O) groups is 1. The van der Waals surface area contributed by atoms with Gasteiger partial charge in [-0.2, -0.15) is 0 Å². The molecule has 0 unspecified atom stereocenters. The zero-order valence-electron chi connectivity index (χ0n) is 11.5. The van der Waals surface area contributed by atoms with Gasteiger partial charge in [-0.15, -0.1) is 0 Å². The Morgan fingerprint density at radius 3 is 2.50 bits per heavy atom. The Balaban J connectivity index is 2.24. The Morgan fingerprint density at radius 1 is 1.22 bits per heavy atom. The van der Waals surface area contributed by atoms with E-state index in [-0.39, 0.29) is 5.91 Å². The highest BCUT2D eigenvalue weighted by atomic mass is 16.1. The number of hydrogen-bond donors (Lipinski definition) is 1. The highest BCUT2D eigenvalue weighted by molar-refractivity contribution is 5.91. The molecular weight excluding hydrogens is 224 g/mol. The van der Waals surface area contributed by atoms with Crippen molar-refractivity contribution in [2.24, 2.45) is 0 Å². The van der Waals surface area contributed by atoms with Crippen molar-refractivity contribution in [2.45, 2.75) is 6.42 Å². The van der Waals surface area contributed by atoms with E-state index < -0.39 is 0 Å². The van der Waals surface area contributed by atoms with Crippen LogP contribution in [0.1, 0.15) is 12.0 Å². The van der Waals surface area contributed by atoms with Crippen molar-refractivity contribution >= 4 is 12.0 Å². The summed E-state index contributed by atoms with van der Waals surface area (Å²) in [6.07, 6.45) is 4.41. The van der Waals surface area contributed by atoms with E-state index in [1.807, 2.05) is 36.4 Å². The van der Waals surface area contributed by atoms with Crippen LogP contribution in [0, 0.1) is 0 Å². The molecule has 0 aromatic heterocycles. The molecule has 1 N–H and O–H groups in total. The van der Waals surface area contributed by atoms with Crippen LogP contribution < -0.4 is 5.32 Å². The van der Waals surface area contributed by atoms with Crippen LogP contribution in [0.2, 0.25) is 0 Å². The van der Waals surface area contributed by atoms with Crippen LogP contribution >= 0.6 is 0 Å². The van der Waals surface area contributed by atoms with Crippen molar-refractivity contribution in [2.75, 3.05) is 34.2 Å². The van der Waals surface area contributed by atoms with E-state index in [9.17, 15) is 4.79 Å². The molecule has 0 radical (unpaired) electrons. The SMILES string of the molecule is C[N+](C)(C)CCCNC(=O)C=Cc1ccccc1. The van der Waals surface area contributed by atoms with Gasteiger partial charge in [-0.1, -0.05) is 30.3 Å². The molecule has 0 atom stereocenters. The molecule has 0 spiro atoms. The fourth-order valence-corrected chi connectivity index (χ4v) is 1.56. The van der Waals surface area contributed by atoms with Crippen LogP contribution in [0.25, 0.3) is 6.08 Å². The van der Waals surface area contributed by atoms with Crippen molar-refractivity contribution in [3.8, 4) is 0 Å². The smallest absolute Gasteiger partial charge is 0.244 e. The third kappa shape index (κ3) is 6.86. The number of nitrogens with zero attached hydrogens (tertiary/aromatic N) is 1. The first-order chi connectivity index (χ1) is 8.47. The predicted octanol–water partition coefficient (Wildman–Crippen LogP) is 1.91. The second kappa shape index (κ2) is 6.97. The molecule has 1 amide bonds.